The van der Waals surface area contributed by atoms with Crippen molar-refractivity contribution in [2.45, 2.75) is 39.2 Å². The first-order chi connectivity index (χ1) is 9.58. The summed E-state index contributed by atoms with van der Waals surface area (Å²) in [6, 6.07) is 5.35. The fraction of sp³-hybridized carbons (Fsp3) is 0.533. The molecule has 5 nitrogen and oxygen atoms in total. The molecule has 0 spiro atoms. The van der Waals surface area contributed by atoms with Gasteiger partial charge >= 0.3 is 5.97 Å². The summed E-state index contributed by atoms with van der Waals surface area (Å²) in [5.74, 6) is 0.660. The van der Waals surface area contributed by atoms with Gasteiger partial charge in [-0.15, -0.1) is 0 Å². The lowest BCUT2D eigenvalue weighted by molar-refractivity contribution is -0.137. The van der Waals surface area contributed by atoms with Gasteiger partial charge in [-0.1, -0.05) is 6.07 Å². The van der Waals surface area contributed by atoms with Gasteiger partial charge in [-0.2, -0.15) is 0 Å². The first-order valence-corrected chi connectivity index (χ1v) is 6.95. The summed E-state index contributed by atoms with van der Waals surface area (Å²) in [7, 11) is 0. The van der Waals surface area contributed by atoms with Crippen LogP contribution in [0.2, 0.25) is 0 Å². The fourth-order valence-electron chi connectivity index (χ4n) is 1.99. The van der Waals surface area contributed by atoms with E-state index < -0.39 is 5.97 Å². The third-order valence-corrected chi connectivity index (χ3v) is 2.90. The lowest BCUT2D eigenvalue weighted by Gasteiger charge is -2.17. The molecule has 1 atom stereocenters. The van der Waals surface area contributed by atoms with Crippen LogP contribution in [0, 0.1) is 0 Å². The Balaban J connectivity index is 2.77. The molecule has 1 aromatic carbocycles. The lowest BCUT2D eigenvalue weighted by atomic mass is 10.0. The molecule has 0 bridgehead atoms. The fourth-order valence-corrected chi connectivity index (χ4v) is 1.99. The van der Waals surface area contributed by atoms with Gasteiger partial charge in [-0.05, 0) is 32.8 Å². The smallest absolute Gasteiger partial charge is 0.303 e. The third-order valence-electron chi connectivity index (χ3n) is 2.90. The van der Waals surface area contributed by atoms with Gasteiger partial charge in [0.15, 0.2) is 0 Å². The van der Waals surface area contributed by atoms with Gasteiger partial charge in [-0.3, -0.25) is 4.79 Å². The highest BCUT2D eigenvalue weighted by atomic mass is 16.5. The standard InChI is InChI=1S/C15H23NO4/c1-3-19-11-8-9-12(14(10-11)20-4-2)13(16)6-5-7-15(17)18/h8-10,13H,3-7,16H2,1-2H3,(H,17,18)/t13-/m0/s1. The van der Waals surface area contributed by atoms with Crippen LogP contribution in [0.5, 0.6) is 11.5 Å². The molecular weight excluding hydrogens is 258 g/mol. The van der Waals surface area contributed by atoms with E-state index in [1.54, 1.807) is 0 Å². The van der Waals surface area contributed by atoms with Crippen molar-refractivity contribution in [1.29, 1.82) is 0 Å². The van der Waals surface area contributed by atoms with Crippen molar-refractivity contribution in [2.24, 2.45) is 5.73 Å². The Morgan fingerprint density at radius 2 is 2.00 bits per heavy atom. The van der Waals surface area contributed by atoms with E-state index in [9.17, 15) is 4.79 Å². The molecule has 0 heterocycles. The Morgan fingerprint density at radius 3 is 2.60 bits per heavy atom. The van der Waals surface area contributed by atoms with Crippen molar-refractivity contribution in [3.63, 3.8) is 0 Å². The van der Waals surface area contributed by atoms with Crippen LogP contribution >= 0.6 is 0 Å². The summed E-state index contributed by atoms with van der Waals surface area (Å²) in [5.41, 5.74) is 7.01. The summed E-state index contributed by atoms with van der Waals surface area (Å²) in [4.78, 5) is 10.5. The van der Waals surface area contributed by atoms with E-state index in [0.29, 0.717) is 31.8 Å². The van der Waals surface area contributed by atoms with Crippen molar-refractivity contribution in [3.8, 4) is 11.5 Å². The van der Waals surface area contributed by atoms with Crippen LogP contribution in [-0.2, 0) is 4.79 Å². The third kappa shape index (κ3) is 5.09. The maximum Gasteiger partial charge on any atom is 0.303 e. The number of ether oxygens (including phenoxy) is 2. The molecule has 0 aliphatic heterocycles. The van der Waals surface area contributed by atoms with Crippen LogP contribution in [0.15, 0.2) is 18.2 Å². The first kappa shape index (κ1) is 16.3. The molecule has 0 amide bonds. The van der Waals surface area contributed by atoms with Gasteiger partial charge < -0.3 is 20.3 Å². The molecule has 112 valence electrons. The zero-order valence-electron chi connectivity index (χ0n) is 12.1. The Kier molecular flexibility index (Phi) is 6.87. The quantitative estimate of drug-likeness (QED) is 0.727. The molecular formula is C15H23NO4. The van der Waals surface area contributed by atoms with Gasteiger partial charge in [0.05, 0.1) is 13.2 Å². The Labute approximate surface area is 119 Å². The minimum atomic E-state index is -0.797. The highest BCUT2D eigenvalue weighted by Crippen LogP contribution is 2.31. The highest BCUT2D eigenvalue weighted by Gasteiger charge is 2.14. The predicted octanol–water partition coefficient (Wildman–Crippen LogP) is 2.74. The number of rotatable bonds is 9. The summed E-state index contributed by atoms with van der Waals surface area (Å²) in [5, 5.41) is 8.65. The van der Waals surface area contributed by atoms with Crippen molar-refractivity contribution in [3.05, 3.63) is 23.8 Å². The highest BCUT2D eigenvalue weighted by molar-refractivity contribution is 5.66. The SMILES string of the molecule is CCOc1ccc([C@@H](N)CCCC(=O)O)c(OCC)c1. The minimum absolute atomic E-state index is 0.134. The summed E-state index contributed by atoms with van der Waals surface area (Å²) in [6.07, 6.45) is 1.30. The Morgan fingerprint density at radius 1 is 1.30 bits per heavy atom. The van der Waals surface area contributed by atoms with Gasteiger partial charge in [-0.25, -0.2) is 0 Å². The van der Waals surface area contributed by atoms with Crippen LogP contribution in [0.25, 0.3) is 0 Å². The minimum Gasteiger partial charge on any atom is -0.494 e. The van der Waals surface area contributed by atoms with E-state index in [2.05, 4.69) is 0 Å². The van der Waals surface area contributed by atoms with Gasteiger partial charge in [0.25, 0.3) is 0 Å². The largest absolute Gasteiger partial charge is 0.494 e. The average Bonchev–Trinajstić information content (AvgIpc) is 2.39. The maximum atomic E-state index is 10.5. The van der Waals surface area contributed by atoms with E-state index in [1.807, 2.05) is 32.0 Å². The molecule has 0 aliphatic carbocycles. The number of carboxylic acids is 1. The molecule has 20 heavy (non-hydrogen) atoms. The molecule has 0 radical (unpaired) electrons. The molecule has 0 aromatic heterocycles. The molecule has 1 rings (SSSR count). The van der Waals surface area contributed by atoms with E-state index >= 15 is 0 Å². The van der Waals surface area contributed by atoms with E-state index in [1.165, 1.54) is 0 Å². The average molecular weight is 281 g/mol. The number of carboxylic acid groups (broad SMARTS) is 1. The summed E-state index contributed by atoms with van der Waals surface area (Å²) < 4.78 is 11.0. The molecule has 3 N–H and O–H groups in total. The first-order valence-electron chi connectivity index (χ1n) is 6.95. The van der Waals surface area contributed by atoms with Crippen LogP contribution in [-0.4, -0.2) is 24.3 Å². The van der Waals surface area contributed by atoms with Crippen LogP contribution in [0.3, 0.4) is 0 Å². The number of carbonyl (C=O) groups is 1. The van der Waals surface area contributed by atoms with Crippen molar-refractivity contribution < 1.29 is 19.4 Å². The van der Waals surface area contributed by atoms with E-state index in [4.69, 9.17) is 20.3 Å². The summed E-state index contributed by atoms with van der Waals surface area (Å²) >= 11 is 0. The number of hydrogen-bond acceptors (Lipinski definition) is 4. The second kappa shape index (κ2) is 8.43. The number of benzene rings is 1. The molecule has 1 aromatic rings. The Bertz CT molecular complexity index is 434. The Hall–Kier alpha value is -1.75. The molecule has 0 unspecified atom stereocenters. The molecule has 0 saturated carbocycles. The molecule has 0 fully saturated rings. The number of hydrogen-bond donors (Lipinski definition) is 2. The van der Waals surface area contributed by atoms with Gasteiger partial charge in [0.2, 0.25) is 0 Å². The van der Waals surface area contributed by atoms with Crippen LogP contribution < -0.4 is 15.2 Å². The number of aliphatic carboxylic acids is 1. The summed E-state index contributed by atoms with van der Waals surface area (Å²) in [6.45, 7) is 4.97. The van der Waals surface area contributed by atoms with E-state index in [0.717, 1.165) is 11.3 Å². The van der Waals surface area contributed by atoms with Crippen molar-refractivity contribution >= 4 is 5.97 Å². The molecule has 0 aliphatic rings. The monoisotopic (exact) mass is 281 g/mol. The normalized spacial score (nSPS) is 11.9. The second-order valence-electron chi connectivity index (χ2n) is 4.46. The molecule has 0 saturated heterocycles. The maximum absolute atomic E-state index is 10.5. The zero-order chi connectivity index (χ0) is 15.0. The van der Waals surface area contributed by atoms with Gasteiger partial charge in [0, 0.05) is 24.1 Å². The zero-order valence-corrected chi connectivity index (χ0v) is 12.1. The molecule has 5 heteroatoms. The predicted molar refractivity (Wildman–Crippen MR) is 77.2 cm³/mol. The van der Waals surface area contributed by atoms with E-state index in [-0.39, 0.29) is 12.5 Å². The van der Waals surface area contributed by atoms with Crippen molar-refractivity contribution in [1.82, 2.24) is 0 Å². The second-order valence-corrected chi connectivity index (χ2v) is 4.46. The lowest BCUT2D eigenvalue weighted by Crippen LogP contribution is -2.13. The van der Waals surface area contributed by atoms with Gasteiger partial charge in [0.1, 0.15) is 11.5 Å². The number of nitrogens with two attached hydrogens (primary N) is 1. The topological polar surface area (TPSA) is 81.8 Å². The van der Waals surface area contributed by atoms with Crippen molar-refractivity contribution in [2.75, 3.05) is 13.2 Å². The van der Waals surface area contributed by atoms with Crippen LogP contribution in [0.4, 0.5) is 0 Å². The van der Waals surface area contributed by atoms with Crippen LogP contribution in [0.1, 0.15) is 44.7 Å².